The van der Waals surface area contributed by atoms with Crippen LogP contribution < -0.4 is 5.32 Å². The van der Waals surface area contributed by atoms with E-state index in [1.54, 1.807) is 19.9 Å². The number of carbonyl (C=O) groups is 2. The predicted octanol–water partition coefficient (Wildman–Crippen LogP) is 2.51. The lowest BCUT2D eigenvalue weighted by molar-refractivity contribution is -0.137. The van der Waals surface area contributed by atoms with Gasteiger partial charge in [0.15, 0.2) is 0 Å². The SMILES string of the molecule is Cc1c(F)cccc1C(=O)NC(C)(C)CCC(=O)O. The zero-order valence-electron chi connectivity index (χ0n) is 11.3. The van der Waals surface area contributed by atoms with E-state index in [-0.39, 0.29) is 17.5 Å². The number of nitrogens with one attached hydrogen (secondary N) is 1. The molecule has 0 unspecified atom stereocenters. The van der Waals surface area contributed by atoms with Gasteiger partial charge in [-0.2, -0.15) is 0 Å². The van der Waals surface area contributed by atoms with Gasteiger partial charge in [0.25, 0.3) is 5.91 Å². The van der Waals surface area contributed by atoms with Gasteiger partial charge in [0.1, 0.15) is 5.82 Å². The van der Waals surface area contributed by atoms with E-state index >= 15 is 0 Å². The minimum Gasteiger partial charge on any atom is -0.481 e. The topological polar surface area (TPSA) is 66.4 Å². The number of halogens is 1. The molecule has 0 bridgehead atoms. The fourth-order valence-electron chi connectivity index (χ4n) is 1.71. The first-order valence-corrected chi connectivity index (χ1v) is 6.02. The molecule has 0 heterocycles. The molecule has 1 rings (SSSR count). The second-order valence-corrected chi connectivity index (χ2v) is 5.14. The minimum atomic E-state index is -0.913. The maximum absolute atomic E-state index is 13.4. The third kappa shape index (κ3) is 4.35. The molecule has 0 aliphatic carbocycles. The van der Waals surface area contributed by atoms with Crippen LogP contribution in [0.25, 0.3) is 0 Å². The maximum atomic E-state index is 13.4. The number of carboxylic acids is 1. The molecule has 0 aromatic heterocycles. The third-order valence-corrected chi connectivity index (χ3v) is 2.93. The van der Waals surface area contributed by atoms with Gasteiger partial charge in [-0.3, -0.25) is 9.59 Å². The van der Waals surface area contributed by atoms with Crippen LogP contribution in [-0.4, -0.2) is 22.5 Å². The molecule has 0 spiro atoms. The molecule has 0 aliphatic heterocycles. The Morgan fingerprint density at radius 1 is 1.37 bits per heavy atom. The van der Waals surface area contributed by atoms with Crippen molar-refractivity contribution in [3.05, 3.63) is 35.1 Å². The summed E-state index contributed by atoms with van der Waals surface area (Å²) in [6.45, 7) is 5.01. The van der Waals surface area contributed by atoms with Crippen LogP contribution in [0, 0.1) is 12.7 Å². The average molecular weight is 267 g/mol. The summed E-state index contributed by atoms with van der Waals surface area (Å²) in [6.07, 6.45) is 0.276. The number of benzene rings is 1. The van der Waals surface area contributed by atoms with E-state index in [1.807, 2.05) is 0 Å². The molecule has 0 saturated carbocycles. The summed E-state index contributed by atoms with van der Waals surface area (Å²) in [6, 6.07) is 4.31. The number of aliphatic carboxylic acids is 1. The first-order valence-electron chi connectivity index (χ1n) is 6.02. The first-order chi connectivity index (χ1) is 8.73. The highest BCUT2D eigenvalue weighted by molar-refractivity contribution is 5.96. The lowest BCUT2D eigenvalue weighted by Gasteiger charge is -2.26. The van der Waals surface area contributed by atoms with E-state index < -0.39 is 23.2 Å². The van der Waals surface area contributed by atoms with E-state index in [4.69, 9.17) is 5.11 Å². The Morgan fingerprint density at radius 3 is 2.58 bits per heavy atom. The van der Waals surface area contributed by atoms with Crippen LogP contribution in [0.3, 0.4) is 0 Å². The number of rotatable bonds is 5. The van der Waals surface area contributed by atoms with Crippen molar-refractivity contribution in [3.63, 3.8) is 0 Å². The number of carboxylic acid groups (broad SMARTS) is 1. The zero-order valence-corrected chi connectivity index (χ0v) is 11.3. The van der Waals surface area contributed by atoms with E-state index in [2.05, 4.69) is 5.32 Å². The van der Waals surface area contributed by atoms with Gasteiger partial charge in [0.05, 0.1) is 0 Å². The van der Waals surface area contributed by atoms with E-state index in [0.29, 0.717) is 6.42 Å². The summed E-state index contributed by atoms with van der Waals surface area (Å²) in [7, 11) is 0. The highest BCUT2D eigenvalue weighted by atomic mass is 19.1. The normalized spacial score (nSPS) is 11.2. The summed E-state index contributed by atoms with van der Waals surface area (Å²) in [4.78, 5) is 22.6. The Morgan fingerprint density at radius 2 is 2.00 bits per heavy atom. The molecule has 0 saturated heterocycles. The highest BCUT2D eigenvalue weighted by Gasteiger charge is 2.23. The molecule has 0 atom stereocenters. The summed E-state index contributed by atoms with van der Waals surface area (Å²) in [5.74, 6) is -1.74. The summed E-state index contributed by atoms with van der Waals surface area (Å²) in [5, 5.41) is 11.4. The first kappa shape index (κ1) is 15.1. The van der Waals surface area contributed by atoms with Crippen LogP contribution in [0.1, 0.15) is 42.6 Å². The Hall–Kier alpha value is -1.91. The van der Waals surface area contributed by atoms with E-state index in [1.165, 1.54) is 19.1 Å². The fourth-order valence-corrected chi connectivity index (χ4v) is 1.71. The second-order valence-electron chi connectivity index (χ2n) is 5.14. The molecule has 1 amide bonds. The van der Waals surface area contributed by atoms with E-state index in [0.717, 1.165) is 0 Å². The monoisotopic (exact) mass is 267 g/mol. The third-order valence-electron chi connectivity index (χ3n) is 2.93. The molecule has 1 aromatic rings. The predicted molar refractivity (Wildman–Crippen MR) is 69.6 cm³/mol. The van der Waals surface area contributed by atoms with Gasteiger partial charge < -0.3 is 10.4 Å². The lowest BCUT2D eigenvalue weighted by Crippen LogP contribution is -2.44. The van der Waals surface area contributed by atoms with Crippen molar-refractivity contribution in [2.45, 2.75) is 39.2 Å². The van der Waals surface area contributed by atoms with Gasteiger partial charge in [-0.05, 0) is 44.9 Å². The lowest BCUT2D eigenvalue weighted by atomic mass is 9.97. The molecule has 4 nitrogen and oxygen atoms in total. The van der Waals surface area contributed by atoms with Crippen LogP contribution in [0.5, 0.6) is 0 Å². The van der Waals surface area contributed by atoms with Gasteiger partial charge >= 0.3 is 5.97 Å². The van der Waals surface area contributed by atoms with Gasteiger partial charge in [-0.15, -0.1) is 0 Å². The summed E-state index contributed by atoms with van der Waals surface area (Å²) >= 11 is 0. The van der Waals surface area contributed by atoms with Crippen LogP contribution in [0.4, 0.5) is 4.39 Å². The van der Waals surface area contributed by atoms with Gasteiger partial charge in [0.2, 0.25) is 0 Å². The van der Waals surface area contributed by atoms with Gasteiger partial charge in [-0.1, -0.05) is 6.07 Å². The number of carbonyl (C=O) groups excluding carboxylic acids is 1. The fraction of sp³-hybridized carbons (Fsp3) is 0.429. The Labute approximate surface area is 111 Å². The van der Waals surface area contributed by atoms with Crippen molar-refractivity contribution in [1.29, 1.82) is 0 Å². The quantitative estimate of drug-likeness (QED) is 0.861. The summed E-state index contributed by atoms with van der Waals surface area (Å²) in [5.41, 5.74) is -0.105. The molecule has 5 heteroatoms. The van der Waals surface area contributed by atoms with Gasteiger partial charge in [0, 0.05) is 17.5 Å². The smallest absolute Gasteiger partial charge is 0.303 e. The maximum Gasteiger partial charge on any atom is 0.303 e. The zero-order chi connectivity index (χ0) is 14.6. The molecule has 1 aromatic carbocycles. The van der Waals surface area contributed by atoms with Crippen molar-refractivity contribution in [2.75, 3.05) is 0 Å². The molecule has 0 aliphatic rings. The highest BCUT2D eigenvalue weighted by Crippen LogP contribution is 2.16. The van der Waals surface area contributed by atoms with Crippen LogP contribution >= 0.6 is 0 Å². The van der Waals surface area contributed by atoms with Crippen LogP contribution in [-0.2, 0) is 4.79 Å². The Bertz CT molecular complexity index is 497. The summed E-state index contributed by atoms with van der Waals surface area (Å²) < 4.78 is 13.4. The average Bonchev–Trinajstić information content (AvgIpc) is 2.29. The van der Waals surface area contributed by atoms with Crippen molar-refractivity contribution < 1.29 is 19.1 Å². The van der Waals surface area contributed by atoms with Crippen molar-refractivity contribution >= 4 is 11.9 Å². The number of amides is 1. The molecular weight excluding hydrogens is 249 g/mol. The molecule has 104 valence electrons. The van der Waals surface area contributed by atoms with Crippen molar-refractivity contribution in [2.24, 2.45) is 0 Å². The van der Waals surface area contributed by atoms with Crippen molar-refractivity contribution in [1.82, 2.24) is 5.32 Å². The largest absolute Gasteiger partial charge is 0.481 e. The Balaban J connectivity index is 2.79. The molecule has 2 N–H and O–H groups in total. The Kier molecular flexibility index (Phi) is 4.64. The van der Waals surface area contributed by atoms with Crippen molar-refractivity contribution in [3.8, 4) is 0 Å². The minimum absolute atomic E-state index is 0.0323. The van der Waals surface area contributed by atoms with Crippen LogP contribution in [0.2, 0.25) is 0 Å². The number of hydrogen-bond acceptors (Lipinski definition) is 2. The number of hydrogen-bond donors (Lipinski definition) is 2. The molecule has 19 heavy (non-hydrogen) atoms. The van der Waals surface area contributed by atoms with Crippen LogP contribution in [0.15, 0.2) is 18.2 Å². The standard InChI is InChI=1S/C14H18FNO3/c1-9-10(5-4-6-11(9)15)13(19)16-14(2,3)8-7-12(17)18/h4-6H,7-8H2,1-3H3,(H,16,19)(H,17,18). The second kappa shape index (κ2) is 5.82. The van der Waals surface area contributed by atoms with E-state index in [9.17, 15) is 14.0 Å². The molecule has 0 fully saturated rings. The molecule has 0 radical (unpaired) electrons. The molecular formula is C14H18FNO3. The van der Waals surface area contributed by atoms with Gasteiger partial charge in [-0.25, -0.2) is 4.39 Å².